The van der Waals surface area contributed by atoms with Crippen LogP contribution in [0.1, 0.15) is 6.42 Å². The molecule has 1 aromatic heterocycles. The molecular formula is C7H11BrN2O2S. The molecule has 0 N–H and O–H groups in total. The van der Waals surface area contributed by atoms with Gasteiger partial charge in [-0.25, -0.2) is 8.42 Å². The largest absolute Gasteiger partial charge is 0.272 e. The fourth-order valence-electron chi connectivity index (χ4n) is 0.949. The van der Waals surface area contributed by atoms with Gasteiger partial charge in [-0.2, -0.15) is 5.10 Å². The van der Waals surface area contributed by atoms with E-state index in [-0.39, 0.29) is 5.75 Å². The first-order valence-corrected chi connectivity index (χ1v) is 6.68. The molecule has 0 aliphatic carbocycles. The summed E-state index contributed by atoms with van der Waals surface area (Å²) in [6, 6.07) is 0. The van der Waals surface area contributed by atoms with Gasteiger partial charge in [0, 0.05) is 19.0 Å². The number of rotatable bonds is 4. The maximum Gasteiger partial charge on any atom is 0.147 e. The van der Waals surface area contributed by atoms with Gasteiger partial charge in [-0.05, 0) is 22.4 Å². The van der Waals surface area contributed by atoms with E-state index in [9.17, 15) is 8.42 Å². The summed E-state index contributed by atoms with van der Waals surface area (Å²) in [5.41, 5.74) is 0. The highest BCUT2D eigenvalue weighted by Crippen LogP contribution is 2.06. The van der Waals surface area contributed by atoms with Crippen LogP contribution in [0.15, 0.2) is 16.9 Å². The van der Waals surface area contributed by atoms with Gasteiger partial charge in [-0.15, -0.1) is 0 Å². The number of hydrogen-bond donors (Lipinski definition) is 0. The molecule has 0 atom stereocenters. The van der Waals surface area contributed by atoms with Crippen LogP contribution in [0.5, 0.6) is 0 Å². The number of aromatic nitrogens is 2. The van der Waals surface area contributed by atoms with Crippen LogP contribution in [0, 0.1) is 0 Å². The Morgan fingerprint density at radius 3 is 2.77 bits per heavy atom. The van der Waals surface area contributed by atoms with Gasteiger partial charge in [0.15, 0.2) is 0 Å². The van der Waals surface area contributed by atoms with Gasteiger partial charge >= 0.3 is 0 Å². The Balaban J connectivity index is 2.36. The van der Waals surface area contributed by atoms with Crippen molar-refractivity contribution in [3.05, 3.63) is 16.9 Å². The lowest BCUT2D eigenvalue weighted by molar-refractivity contribution is 0.576. The zero-order chi connectivity index (χ0) is 9.90. The molecule has 6 heteroatoms. The van der Waals surface area contributed by atoms with Crippen molar-refractivity contribution in [3.63, 3.8) is 0 Å². The minimum atomic E-state index is -2.84. The average Bonchev–Trinajstić information content (AvgIpc) is 2.33. The first-order chi connectivity index (χ1) is 5.97. The standard InChI is InChI=1S/C7H11BrN2O2S/c1-13(11,12)4-2-3-10-6-7(8)5-9-10/h5-6H,2-4H2,1H3. The summed E-state index contributed by atoms with van der Waals surface area (Å²) in [6.45, 7) is 0.638. The normalized spacial score (nSPS) is 11.8. The summed E-state index contributed by atoms with van der Waals surface area (Å²) in [5.74, 6) is 0.213. The molecule has 0 amide bonds. The summed E-state index contributed by atoms with van der Waals surface area (Å²) >= 11 is 3.26. The lowest BCUT2D eigenvalue weighted by Crippen LogP contribution is -2.07. The second-order valence-electron chi connectivity index (χ2n) is 2.91. The smallest absolute Gasteiger partial charge is 0.147 e. The monoisotopic (exact) mass is 266 g/mol. The van der Waals surface area contributed by atoms with Gasteiger partial charge in [-0.1, -0.05) is 0 Å². The average molecular weight is 267 g/mol. The Hall–Kier alpha value is -0.360. The second kappa shape index (κ2) is 4.23. The van der Waals surface area contributed by atoms with Crippen molar-refractivity contribution in [3.8, 4) is 0 Å². The van der Waals surface area contributed by atoms with Gasteiger partial charge in [0.25, 0.3) is 0 Å². The van der Waals surface area contributed by atoms with Crippen LogP contribution >= 0.6 is 15.9 Å². The van der Waals surface area contributed by atoms with Crippen molar-refractivity contribution < 1.29 is 8.42 Å². The maximum atomic E-state index is 10.8. The molecule has 0 radical (unpaired) electrons. The molecule has 0 bridgehead atoms. The van der Waals surface area contributed by atoms with Gasteiger partial charge in [0.05, 0.1) is 16.4 Å². The summed E-state index contributed by atoms with van der Waals surface area (Å²) in [7, 11) is -2.84. The van der Waals surface area contributed by atoms with E-state index in [4.69, 9.17) is 0 Å². The van der Waals surface area contributed by atoms with E-state index in [2.05, 4.69) is 21.0 Å². The van der Waals surface area contributed by atoms with Gasteiger partial charge in [0.2, 0.25) is 0 Å². The summed E-state index contributed by atoms with van der Waals surface area (Å²) in [6.07, 6.45) is 5.35. The van der Waals surface area contributed by atoms with E-state index in [1.165, 1.54) is 6.26 Å². The van der Waals surface area contributed by atoms with Gasteiger partial charge in [0.1, 0.15) is 9.84 Å². The van der Waals surface area contributed by atoms with E-state index in [1.807, 2.05) is 6.20 Å². The van der Waals surface area contributed by atoms with Gasteiger partial charge < -0.3 is 0 Å². The quantitative estimate of drug-likeness (QED) is 0.820. The molecule has 1 aromatic rings. The molecular weight excluding hydrogens is 256 g/mol. The Morgan fingerprint density at radius 1 is 1.62 bits per heavy atom. The molecule has 0 saturated carbocycles. The number of hydrogen-bond acceptors (Lipinski definition) is 3. The molecule has 74 valence electrons. The van der Waals surface area contributed by atoms with Crippen molar-refractivity contribution in [1.82, 2.24) is 9.78 Å². The fourth-order valence-corrected chi connectivity index (χ4v) is 1.93. The summed E-state index contributed by atoms with van der Waals surface area (Å²) in [4.78, 5) is 0. The molecule has 0 aromatic carbocycles. The van der Waals surface area contributed by atoms with E-state index >= 15 is 0 Å². The second-order valence-corrected chi connectivity index (χ2v) is 6.08. The maximum absolute atomic E-state index is 10.8. The minimum Gasteiger partial charge on any atom is -0.272 e. The van der Waals surface area contributed by atoms with Crippen molar-refractivity contribution in [2.75, 3.05) is 12.0 Å². The van der Waals surface area contributed by atoms with Crippen LogP contribution < -0.4 is 0 Å². The molecule has 0 aliphatic rings. The highest BCUT2D eigenvalue weighted by molar-refractivity contribution is 9.10. The minimum absolute atomic E-state index is 0.213. The third-order valence-electron chi connectivity index (χ3n) is 1.50. The lowest BCUT2D eigenvalue weighted by Gasteiger charge is -1.99. The molecule has 0 spiro atoms. The first-order valence-electron chi connectivity index (χ1n) is 3.83. The van der Waals surface area contributed by atoms with Crippen molar-refractivity contribution in [2.24, 2.45) is 0 Å². The highest BCUT2D eigenvalue weighted by atomic mass is 79.9. The van der Waals surface area contributed by atoms with E-state index < -0.39 is 9.84 Å². The zero-order valence-corrected chi connectivity index (χ0v) is 9.68. The summed E-state index contributed by atoms with van der Waals surface area (Å²) < 4.78 is 24.2. The molecule has 13 heavy (non-hydrogen) atoms. The van der Waals surface area contributed by atoms with Crippen molar-refractivity contribution >= 4 is 25.8 Å². The highest BCUT2D eigenvalue weighted by Gasteiger charge is 2.02. The van der Waals surface area contributed by atoms with E-state index in [0.29, 0.717) is 13.0 Å². The molecule has 0 unspecified atom stereocenters. The molecule has 1 rings (SSSR count). The Bertz CT molecular complexity index is 372. The predicted molar refractivity (Wildman–Crippen MR) is 54.3 cm³/mol. The van der Waals surface area contributed by atoms with Crippen LogP contribution in [-0.4, -0.2) is 30.2 Å². The molecule has 0 fully saturated rings. The van der Waals surface area contributed by atoms with Crippen LogP contribution in [-0.2, 0) is 16.4 Å². The Morgan fingerprint density at radius 2 is 2.31 bits per heavy atom. The predicted octanol–water partition coefficient (Wildman–Crippen LogP) is 1.08. The Labute approximate surface area is 86.0 Å². The number of halogens is 1. The van der Waals surface area contributed by atoms with Crippen molar-refractivity contribution in [2.45, 2.75) is 13.0 Å². The number of sulfone groups is 1. The first kappa shape index (κ1) is 10.7. The van der Waals surface area contributed by atoms with E-state index in [1.54, 1.807) is 10.9 Å². The fraction of sp³-hybridized carbons (Fsp3) is 0.571. The topological polar surface area (TPSA) is 52.0 Å². The number of aryl methyl sites for hydroxylation is 1. The zero-order valence-electron chi connectivity index (χ0n) is 7.27. The van der Waals surface area contributed by atoms with Crippen LogP contribution in [0.4, 0.5) is 0 Å². The van der Waals surface area contributed by atoms with Crippen molar-refractivity contribution in [1.29, 1.82) is 0 Å². The Kier molecular flexibility index (Phi) is 3.49. The van der Waals surface area contributed by atoms with Crippen LogP contribution in [0.25, 0.3) is 0 Å². The molecule has 0 saturated heterocycles. The SMILES string of the molecule is CS(=O)(=O)CCCn1cc(Br)cn1. The molecule has 0 aliphatic heterocycles. The third-order valence-corrected chi connectivity index (χ3v) is 2.94. The molecule has 1 heterocycles. The number of nitrogens with zero attached hydrogens (tertiary/aromatic N) is 2. The third kappa shape index (κ3) is 4.42. The van der Waals surface area contributed by atoms with E-state index in [0.717, 1.165) is 4.47 Å². The molecule has 4 nitrogen and oxygen atoms in total. The van der Waals surface area contributed by atoms with Crippen LogP contribution in [0.2, 0.25) is 0 Å². The summed E-state index contributed by atoms with van der Waals surface area (Å²) in [5, 5.41) is 4.01. The van der Waals surface area contributed by atoms with Gasteiger partial charge in [-0.3, -0.25) is 4.68 Å². The van der Waals surface area contributed by atoms with Crippen LogP contribution in [0.3, 0.4) is 0 Å². The lowest BCUT2D eigenvalue weighted by atomic mass is 10.5.